The molecular formula is C22H24N2O5S. The number of nitrogens with one attached hydrogen (secondary N) is 1. The number of thiocarbonyl (C=S) groups is 1. The van der Waals surface area contributed by atoms with E-state index in [-0.39, 0.29) is 0 Å². The fraction of sp³-hybridized carbons (Fsp3) is 0.273. The quantitative estimate of drug-likeness (QED) is 0.553. The third kappa shape index (κ3) is 3.66. The Morgan fingerprint density at radius 3 is 2.20 bits per heavy atom. The molecule has 0 radical (unpaired) electrons. The predicted molar refractivity (Wildman–Crippen MR) is 118 cm³/mol. The second kappa shape index (κ2) is 9.04. The van der Waals surface area contributed by atoms with E-state index in [0.29, 0.717) is 39.2 Å². The van der Waals surface area contributed by atoms with Gasteiger partial charge < -0.3 is 24.3 Å². The van der Waals surface area contributed by atoms with Crippen LogP contribution in [0.3, 0.4) is 0 Å². The normalized spacial score (nSPS) is 16.1. The van der Waals surface area contributed by atoms with Crippen molar-refractivity contribution in [3.05, 3.63) is 59.3 Å². The van der Waals surface area contributed by atoms with E-state index in [1.54, 1.807) is 13.2 Å². The first kappa shape index (κ1) is 21.4. The molecule has 158 valence electrons. The van der Waals surface area contributed by atoms with Gasteiger partial charge in [0.1, 0.15) is 0 Å². The zero-order chi connectivity index (χ0) is 21.8. The maximum atomic E-state index is 12.8. The zero-order valence-corrected chi connectivity index (χ0v) is 18.3. The maximum Gasteiger partial charge on any atom is 0.337 e. The van der Waals surface area contributed by atoms with Gasteiger partial charge in [0.2, 0.25) is 5.75 Å². The third-order valence-electron chi connectivity index (χ3n) is 4.95. The zero-order valence-electron chi connectivity index (χ0n) is 17.5. The van der Waals surface area contributed by atoms with Crippen LogP contribution in [0.5, 0.6) is 17.2 Å². The summed E-state index contributed by atoms with van der Waals surface area (Å²) in [6.45, 7) is 1.84. The van der Waals surface area contributed by atoms with Gasteiger partial charge in [-0.15, -0.1) is 0 Å². The number of anilines is 1. The molecule has 2 aromatic carbocycles. The highest BCUT2D eigenvalue weighted by Gasteiger charge is 2.37. The molecule has 0 spiro atoms. The van der Waals surface area contributed by atoms with Crippen molar-refractivity contribution in [1.82, 2.24) is 5.32 Å². The van der Waals surface area contributed by atoms with Crippen molar-refractivity contribution >= 4 is 29.0 Å². The molecule has 1 heterocycles. The summed E-state index contributed by atoms with van der Waals surface area (Å²) >= 11 is 5.66. The van der Waals surface area contributed by atoms with Crippen molar-refractivity contribution in [2.45, 2.75) is 13.0 Å². The van der Waals surface area contributed by atoms with Gasteiger partial charge in [-0.3, -0.25) is 4.90 Å². The summed E-state index contributed by atoms with van der Waals surface area (Å²) in [6.07, 6.45) is 0. The number of para-hydroxylation sites is 1. The monoisotopic (exact) mass is 428 g/mol. The maximum absolute atomic E-state index is 12.8. The molecule has 2 aromatic rings. The van der Waals surface area contributed by atoms with Crippen LogP contribution in [0.15, 0.2) is 53.7 Å². The topological polar surface area (TPSA) is 69.3 Å². The molecule has 0 saturated heterocycles. The van der Waals surface area contributed by atoms with E-state index in [1.807, 2.05) is 48.2 Å². The van der Waals surface area contributed by atoms with Crippen molar-refractivity contribution in [3.8, 4) is 17.2 Å². The number of hydrogen-bond acceptors (Lipinski definition) is 6. The Labute approximate surface area is 181 Å². The number of ether oxygens (including phenoxy) is 4. The number of allylic oxidation sites excluding steroid dienone is 1. The number of carbonyl (C=O) groups is 1. The number of benzene rings is 2. The Balaban J connectivity index is 2.22. The highest BCUT2D eigenvalue weighted by atomic mass is 32.1. The van der Waals surface area contributed by atoms with Crippen molar-refractivity contribution in [2.24, 2.45) is 0 Å². The molecule has 0 bridgehead atoms. The minimum absolute atomic E-state index is 0.417. The van der Waals surface area contributed by atoms with E-state index in [9.17, 15) is 4.79 Å². The first-order valence-electron chi connectivity index (χ1n) is 9.22. The largest absolute Gasteiger partial charge is 0.493 e. The number of carbonyl (C=O) groups excluding carboxylic acids is 1. The van der Waals surface area contributed by atoms with E-state index in [2.05, 4.69) is 5.32 Å². The lowest BCUT2D eigenvalue weighted by molar-refractivity contribution is -0.136. The lowest BCUT2D eigenvalue weighted by Crippen LogP contribution is -2.48. The van der Waals surface area contributed by atoms with Crippen LogP contribution in [-0.4, -0.2) is 39.5 Å². The molecule has 0 fully saturated rings. The minimum atomic E-state index is -0.598. The van der Waals surface area contributed by atoms with Crippen LogP contribution in [0.1, 0.15) is 18.5 Å². The van der Waals surface area contributed by atoms with Crippen molar-refractivity contribution in [1.29, 1.82) is 0 Å². The number of rotatable bonds is 6. The SMILES string of the molecule is COC(=O)C1=C(C)N(c2ccccc2)C(=S)N[C@@H]1c1ccc(OC)c(OC)c1OC. The highest BCUT2D eigenvalue weighted by molar-refractivity contribution is 7.80. The Morgan fingerprint density at radius 2 is 1.63 bits per heavy atom. The van der Waals surface area contributed by atoms with Crippen molar-refractivity contribution in [2.75, 3.05) is 33.3 Å². The van der Waals surface area contributed by atoms with E-state index in [1.165, 1.54) is 21.3 Å². The van der Waals surface area contributed by atoms with Crippen molar-refractivity contribution in [3.63, 3.8) is 0 Å². The highest BCUT2D eigenvalue weighted by Crippen LogP contribution is 2.45. The fourth-order valence-electron chi connectivity index (χ4n) is 3.59. The average Bonchev–Trinajstić information content (AvgIpc) is 2.77. The smallest absolute Gasteiger partial charge is 0.337 e. The molecule has 0 unspecified atom stereocenters. The molecule has 30 heavy (non-hydrogen) atoms. The number of esters is 1. The van der Waals surface area contributed by atoms with Gasteiger partial charge in [0, 0.05) is 16.9 Å². The Hall–Kier alpha value is -3.26. The van der Waals surface area contributed by atoms with Crippen LogP contribution in [0, 0.1) is 0 Å². The lowest BCUT2D eigenvalue weighted by Gasteiger charge is -2.37. The fourth-order valence-corrected chi connectivity index (χ4v) is 3.95. The molecule has 0 aromatic heterocycles. The Morgan fingerprint density at radius 1 is 0.967 bits per heavy atom. The van der Waals surface area contributed by atoms with Crippen LogP contribution < -0.4 is 24.4 Å². The molecule has 0 amide bonds. The summed E-state index contributed by atoms with van der Waals surface area (Å²) < 4.78 is 21.6. The van der Waals surface area contributed by atoms with Crippen LogP contribution >= 0.6 is 12.2 Å². The van der Waals surface area contributed by atoms with Gasteiger partial charge in [-0.2, -0.15) is 0 Å². The summed E-state index contributed by atoms with van der Waals surface area (Å²) in [5, 5.41) is 3.71. The third-order valence-corrected chi connectivity index (χ3v) is 5.25. The van der Waals surface area contributed by atoms with E-state index in [4.69, 9.17) is 31.2 Å². The number of methoxy groups -OCH3 is 4. The molecule has 1 aliphatic heterocycles. The average molecular weight is 429 g/mol. The summed E-state index contributed by atoms with van der Waals surface area (Å²) in [5.74, 6) is 0.921. The first-order chi connectivity index (χ1) is 14.5. The van der Waals surface area contributed by atoms with Gasteiger partial charge in [-0.1, -0.05) is 18.2 Å². The Kier molecular flexibility index (Phi) is 6.47. The van der Waals surface area contributed by atoms with Crippen LogP contribution in [0.2, 0.25) is 0 Å². The number of nitrogens with zero attached hydrogens (tertiary/aromatic N) is 1. The minimum Gasteiger partial charge on any atom is -0.493 e. The molecule has 8 heteroatoms. The Bertz CT molecular complexity index is 991. The molecular weight excluding hydrogens is 404 g/mol. The van der Waals surface area contributed by atoms with Crippen LogP contribution in [-0.2, 0) is 9.53 Å². The van der Waals surface area contributed by atoms with Gasteiger partial charge in [0.05, 0.1) is 40.1 Å². The molecule has 1 N–H and O–H groups in total. The van der Waals surface area contributed by atoms with Crippen molar-refractivity contribution < 1.29 is 23.7 Å². The van der Waals surface area contributed by atoms with Crippen LogP contribution in [0.25, 0.3) is 0 Å². The molecule has 0 saturated carbocycles. The standard InChI is InChI=1S/C22H24N2O5S/c1-13-17(21(25)29-5)18(23-22(30)24(13)14-9-7-6-8-10-14)15-11-12-16(26-2)20(28-4)19(15)27-3/h6-12,18H,1-5H3,(H,23,30)/t18-/m1/s1. The molecule has 0 aliphatic carbocycles. The second-order valence-corrected chi connectivity index (χ2v) is 6.85. The molecule has 1 aliphatic rings. The summed E-state index contributed by atoms with van der Waals surface area (Å²) in [7, 11) is 5.97. The van der Waals surface area contributed by atoms with E-state index >= 15 is 0 Å². The van der Waals surface area contributed by atoms with Crippen LogP contribution in [0.4, 0.5) is 5.69 Å². The second-order valence-electron chi connectivity index (χ2n) is 6.47. The summed E-state index contributed by atoms with van der Waals surface area (Å²) in [6, 6.07) is 12.6. The summed E-state index contributed by atoms with van der Waals surface area (Å²) in [5.41, 5.74) is 2.59. The van der Waals surface area contributed by atoms with Gasteiger partial charge >= 0.3 is 5.97 Å². The van der Waals surface area contributed by atoms with Gasteiger partial charge in [0.15, 0.2) is 16.6 Å². The van der Waals surface area contributed by atoms with Gasteiger partial charge in [0.25, 0.3) is 0 Å². The first-order valence-corrected chi connectivity index (χ1v) is 9.62. The van der Waals surface area contributed by atoms with E-state index in [0.717, 1.165) is 5.69 Å². The molecule has 3 rings (SSSR count). The summed E-state index contributed by atoms with van der Waals surface area (Å²) in [4.78, 5) is 14.6. The van der Waals surface area contributed by atoms with Gasteiger partial charge in [-0.05, 0) is 43.4 Å². The lowest BCUT2D eigenvalue weighted by atomic mass is 9.93. The van der Waals surface area contributed by atoms with E-state index < -0.39 is 12.0 Å². The van der Waals surface area contributed by atoms with Gasteiger partial charge in [-0.25, -0.2) is 4.79 Å². The molecule has 1 atom stereocenters. The predicted octanol–water partition coefficient (Wildman–Crippen LogP) is 3.60. The molecule has 7 nitrogen and oxygen atoms in total. The number of hydrogen-bond donors (Lipinski definition) is 1.